The number of pyridine rings is 1. The van der Waals surface area contributed by atoms with Gasteiger partial charge in [0.15, 0.2) is 0 Å². The van der Waals surface area contributed by atoms with Crippen LogP contribution in [0.2, 0.25) is 5.02 Å². The summed E-state index contributed by atoms with van der Waals surface area (Å²) in [6.07, 6.45) is 4.41. The summed E-state index contributed by atoms with van der Waals surface area (Å²) in [7, 11) is 1.65. The Kier molecular flexibility index (Phi) is 4.73. The molecule has 0 unspecified atom stereocenters. The number of aromatic nitrogens is 1. The van der Waals surface area contributed by atoms with Crippen molar-refractivity contribution < 1.29 is 9.47 Å². The molecule has 0 bridgehead atoms. The maximum atomic E-state index is 5.80. The second kappa shape index (κ2) is 6.52. The highest BCUT2D eigenvalue weighted by Gasteiger charge is 2.14. The summed E-state index contributed by atoms with van der Waals surface area (Å²) in [4.78, 5) is 8.56. The molecule has 0 saturated heterocycles. The van der Waals surface area contributed by atoms with E-state index in [-0.39, 0.29) is 0 Å². The van der Waals surface area contributed by atoms with Gasteiger partial charge in [-0.3, -0.25) is 4.98 Å². The van der Waals surface area contributed by atoms with Crippen molar-refractivity contribution in [2.24, 2.45) is 4.99 Å². The molecule has 0 atom stereocenters. The molecule has 5 heteroatoms. The highest BCUT2D eigenvalue weighted by Crippen LogP contribution is 2.15. The van der Waals surface area contributed by atoms with Crippen molar-refractivity contribution in [3.8, 4) is 0 Å². The van der Waals surface area contributed by atoms with Crippen LogP contribution in [0, 0.1) is 0 Å². The van der Waals surface area contributed by atoms with E-state index in [1.54, 1.807) is 13.3 Å². The number of methoxy groups -OCH3 is 1. The van der Waals surface area contributed by atoms with E-state index < -0.39 is 0 Å². The lowest BCUT2D eigenvalue weighted by molar-refractivity contribution is 0.141. The summed E-state index contributed by atoms with van der Waals surface area (Å²) >= 11 is 5.80. The third-order valence-corrected chi connectivity index (χ3v) is 2.76. The van der Waals surface area contributed by atoms with Crippen LogP contribution >= 0.6 is 11.6 Å². The highest BCUT2D eigenvalue weighted by molar-refractivity contribution is 6.30. The van der Waals surface area contributed by atoms with E-state index in [0.29, 0.717) is 37.1 Å². The number of hydrogen-bond acceptors (Lipinski definition) is 4. The predicted molar refractivity (Wildman–Crippen MR) is 71.2 cm³/mol. The number of ether oxygens (including phenoxy) is 2. The maximum absolute atomic E-state index is 5.80. The molecule has 0 N–H and O–H groups in total. The Bertz CT molecular complexity index is 455. The van der Waals surface area contributed by atoms with E-state index >= 15 is 0 Å². The zero-order valence-electron chi connectivity index (χ0n) is 10.2. The Hall–Kier alpha value is -1.39. The fourth-order valence-corrected chi connectivity index (χ4v) is 1.75. The first-order valence-electron chi connectivity index (χ1n) is 5.75. The quantitative estimate of drug-likeness (QED) is 0.768. The van der Waals surface area contributed by atoms with E-state index in [1.165, 1.54) is 0 Å². The Morgan fingerprint density at radius 1 is 1.33 bits per heavy atom. The molecule has 0 radical (unpaired) electrons. The third kappa shape index (κ3) is 3.55. The fraction of sp³-hybridized carbons (Fsp3) is 0.385. The van der Waals surface area contributed by atoms with Gasteiger partial charge in [0.2, 0.25) is 5.90 Å². The molecule has 1 aliphatic rings. The molecule has 96 valence electrons. The third-order valence-electron chi connectivity index (χ3n) is 2.53. The first kappa shape index (κ1) is 13.1. The van der Waals surface area contributed by atoms with Gasteiger partial charge < -0.3 is 9.47 Å². The van der Waals surface area contributed by atoms with Gasteiger partial charge in [0.05, 0.1) is 18.2 Å². The summed E-state index contributed by atoms with van der Waals surface area (Å²) in [5, 5.41) is 0.643. The molecule has 0 amide bonds. The van der Waals surface area contributed by atoms with Gasteiger partial charge in [0.1, 0.15) is 6.61 Å². The van der Waals surface area contributed by atoms with Crippen molar-refractivity contribution in [1.82, 2.24) is 4.98 Å². The Morgan fingerprint density at radius 3 is 2.94 bits per heavy atom. The largest absolute Gasteiger partial charge is 0.475 e. The van der Waals surface area contributed by atoms with Crippen molar-refractivity contribution in [2.75, 3.05) is 26.9 Å². The molecule has 1 aromatic heterocycles. The minimum Gasteiger partial charge on any atom is -0.475 e. The molecule has 0 fully saturated rings. The smallest absolute Gasteiger partial charge is 0.212 e. The summed E-state index contributed by atoms with van der Waals surface area (Å²) in [6.45, 7) is 1.75. The molecule has 2 heterocycles. The minimum absolute atomic E-state index is 0.515. The number of rotatable bonds is 5. The van der Waals surface area contributed by atoms with Gasteiger partial charge in [0, 0.05) is 31.0 Å². The second-order valence-corrected chi connectivity index (χ2v) is 4.30. The van der Waals surface area contributed by atoms with Crippen LogP contribution < -0.4 is 0 Å². The number of nitrogens with zero attached hydrogens (tertiary/aromatic N) is 2. The molecule has 1 aliphatic heterocycles. The van der Waals surface area contributed by atoms with Crippen LogP contribution in [0.5, 0.6) is 0 Å². The van der Waals surface area contributed by atoms with E-state index in [2.05, 4.69) is 16.1 Å². The topological polar surface area (TPSA) is 43.7 Å². The fourth-order valence-electron chi connectivity index (χ4n) is 1.64. The van der Waals surface area contributed by atoms with Gasteiger partial charge in [0.25, 0.3) is 0 Å². The van der Waals surface area contributed by atoms with Gasteiger partial charge in [-0.05, 0) is 12.1 Å². The average Bonchev–Trinajstić information content (AvgIpc) is 2.80. The Balaban J connectivity index is 1.93. The summed E-state index contributed by atoms with van der Waals surface area (Å²) < 4.78 is 10.5. The standard InChI is InChI=1S/C13H15ClN2O2/c1-17-6-7-18-13-10(4-5-15-13)8-12-3-2-11(14)9-16-12/h2-4,9H,5-8H2,1H3. The molecular weight excluding hydrogens is 252 g/mol. The molecule has 1 aromatic rings. The summed E-state index contributed by atoms with van der Waals surface area (Å²) in [6, 6.07) is 3.75. The monoisotopic (exact) mass is 266 g/mol. The van der Waals surface area contributed by atoms with Crippen molar-refractivity contribution in [1.29, 1.82) is 0 Å². The van der Waals surface area contributed by atoms with Gasteiger partial charge in [-0.15, -0.1) is 0 Å². The maximum Gasteiger partial charge on any atom is 0.212 e. The molecule has 2 rings (SSSR count). The lowest BCUT2D eigenvalue weighted by Crippen LogP contribution is -2.12. The molecule has 18 heavy (non-hydrogen) atoms. The lowest BCUT2D eigenvalue weighted by Gasteiger charge is -2.08. The first-order chi connectivity index (χ1) is 8.79. The van der Waals surface area contributed by atoms with Crippen molar-refractivity contribution in [3.63, 3.8) is 0 Å². The lowest BCUT2D eigenvalue weighted by atomic mass is 10.1. The molecule has 0 spiro atoms. The first-order valence-corrected chi connectivity index (χ1v) is 6.13. The van der Waals surface area contributed by atoms with Crippen LogP contribution in [0.1, 0.15) is 5.69 Å². The van der Waals surface area contributed by atoms with E-state index in [9.17, 15) is 0 Å². The minimum atomic E-state index is 0.515. The van der Waals surface area contributed by atoms with E-state index in [1.807, 2.05) is 12.1 Å². The van der Waals surface area contributed by atoms with E-state index in [0.717, 1.165) is 11.3 Å². The number of aliphatic imine (C=N–C) groups is 1. The van der Waals surface area contributed by atoms with E-state index in [4.69, 9.17) is 21.1 Å². The van der Waals surface area contributed by atoms with Crippen LogP contribution in [0.4, 0.5) is 0 Å². The van der Waals surface area contributed by atoms with Gasteiger partial charge in [-0.1, -0.05) is 17.7 Å². The number of hydrogen-bond donors (Lipinski definition) is 0. The zero-order valence-corrected chi connectivity index (χ0v) is 11.0. The average molecular weight is 267 g/mol. The molecule has 4 nitrogen and oxygen atoms in total. The Morgan fingerprint density at radius 2 is 2.22 bits per heavy atom. The van der Waals surface area contributed by atoms with Crippen LogP contribution in [-0.4, -0.2) is 37.8 Å². The number of halogens is 1. The zero-order chi connectivity index (χ0) is 12.8. The van der Waals surface area contributed by atoms with Crippen LogP contribution in [0.25, 0.3) is 0 Å². The van der Waals surface area contributed by atoms with Crippen LogP contribution in [0.15, 0.2) is 35.0 Å². The van der Waals surface area contributed by atoms with Gasteiger partial charge >= 0.3 is 0 Å². The highest BCUT2D eigenvalue weighted by atomic mass is 35.5. The molecule has 0 aromatic carbocycles. The summed E-state index contributed by atoms with van der Waals surface area (Å²) in [5.74, 6) is 0.698. The second-order valence-electron chi connectivity index (χ2n) is 3.86. The van der Waals surface area contributed by atoms with Crippen molar-refractivity contribution >= 4 is 17.5 Å². The predicted octanol–water partition coefficient (Wildman–Crippen LogP) is 2.28. The Labute approximate surface area is 111 Å². The van der Waals surface area contributed by atoms with Gasteiger partial charge in [-0.2, -0.15) is 0 Å². The SMILES string of the molecule is COCCOC1=NCC=C1Cc1ccc(Cl)cn1. The van der Waals surface area contributed by atoms with Crippen molar-refractivity contribution in [3.05, 3.63) is 40.7 Å². The van der Waals surface area contributed by atoms with Crippen LogP contribution in [-0.2, 0) is 15.9 Å². The molecular formula is C13H15ClN2O2. The molecule has 0 aliphatic carbocycles. The summed E-state index contributed by atoms with van der Waals surface area (Å²) in [5.41, 5.74) is 2.02. The van der Waals surface area contributed by atoms with Crippen molar-refractivity contribution in [2.45, 2.75) is 6.42 Å². The molecule has 0 saturated carbocycles. The normalized spacial score (nSPS) is 14.3. The van der Waals surface area contributed by atoms with Crippen LogP contribution in [0.3, 0.4) is 0 Å². The van der Waals surface area contributed by atoms with Gasteiger partial charge in [-0.25, -0.2) is 4.99 Å².